The van der Waals surface area contributed by atoms with Crippen LogP contribution in [0.15, 0.2) is 0 Å². The van der Waals surface area contributed by atoms with Crippen molar-refractivity contribution in [1.29, 1.82) is 0 Å². The Bertz CT molecular complexity index is 32.7. The third-order valence-electron chi connectivity index (χ3n) is 1.08. The zero-order valence-corrected chi connectivity index (χ0v) is 6.91. The van der Waals surface area contributed by atoms with Gasteiger partial charge in [-0.2, -0.15) is 11.8 Å². The van der Waals surface area contributed by atoms with Crippen LogP contribution in [0.1, 0.15) is 26.2 Å². The summed E-state index contributed by atoms with van der Waals surface area (Å²) in [7, 11) is 0. The molecule has 1 aliphatic rings. The molecule has 56 valence electrons. The lowest BCUT2D eigenvalue weighted by Crippen LogP contribution is -1.91. The number of hydrogen-bond donors (Lipinski definition) is 1. The molecular formula is C7H16OS. The lowest BCUT2D eigenvalue weighted by atomic mass is 10.3. The zero-order chi connectivity index (χ0) is 6.95. The summed E-state index contributed by atoms with van der Waals surface area (Å²) in [5, 5.41) is 7.57. The fraction of sp³-hybridized carbons (Fsp3) is 1.00. The molecular weight excluding hydrogens is 132 g/mol. The van der Waals surface area contributed by atoms with Crippen LogP contribution in [0.3, 0.4) is 0 Å². The summed E-state index contributed by atoms with van der Waals surface area (Å²) < 4.78 is 0. The summed E-state index contributed by atoms with van der Waals surface area (Å²) in [5.41, 5.74) is 0. The molecule has 0 aliphatic carbocycles. The molecule has 0 aromatic carbocycles. The summed E-state index contributed by atoms with van der Waals surface area (Å²) in [6.07, 6.45) is 4.41. The Morgan fingerprint density at radius 3 is 1.78 bits per heavy atom. The van der Waals surface area contributed by atoms with Gasteiger partial charge >= 0.3 is 0 Å². The molecule has 1 aliphatic heterocycles. The van der Waals surface area contributed by atoms with Crippen LogP contribution in [0.25, 0.3) is 0 Å². The number of hydrogen-bond acceptors (Lipinski definition) is 2. The molecule has 1 nitrogen and oxygen atoms in total. The topological polar surface area (TPSA) is 20.2 Å². The van der Waals surface area contributed by atoms with Gasteiger partial charge in [0.15, 0.2) is 0 Å². The molecule has 0 bridgehead atoms. The van der Waals surface area contributed by atoms with Gasteiger partial charge in [-0.3, -0.25) is 0 Å². The molecule has 1 heterocycles. The smallest absolute Gasteiger partial charge is 0.0402 e. The number of thioether (sulfide) groups is 1. The molecule has 0 spiro atoms. The lowest BCUT2D eigenvalue weighted by molar-refractivity contribution is 0.318. The van der Waals surface area contributed by atoms with E-state index in [1.807, 2.05) is 0 Å². The van der Waals surface area contributed by atoms with Crippen molar-refractivity contribution in [1.82, 2.24) is 0 Å². The van der Waals surface area contributed by atoms with Crippen LogP contribution in [0.5, 0.6) is 0 Å². The van der Waals surface area contributed by atoms with Crippen LogP contribution < -0.4 is 0 Å². The van der Waals surface area contributed by atoms with E-state index >= 15 is 0 Å². The van der Waals surface area contributed by atoms with E-state index in [1.165, 1.54) is 30.8 Å². The van der Waals surface area contributed by atoms with Gasteiger partial charge in [0.1, 0.15) is 0 Å². The van der Waals surface area contributed by atoms with Crippen LogP contribution >= 0.6 is 11.8 Å². The van der Waals surface area contributed by atoms with Crippen molar-refractivity contribution in [3.63, 3.8) is 0 Å². The van der Waals surface area contributed by atoms with E-state index < -0.39 is 0 Å². The average Bonchev–Trinajstić information content (AvgIpc) is 1.93. The molecule has 1 saturated heterocycles. The van der Waals surface area contributed by atoms with Crippen molar-refractivity contribution in [2.45, 2.75) is 26.2 Å². The van der Waals surface area contributed by atoms with Gasteiger partial charge in [0, 0.05) is 6.61 Å². The minimum atomic E-state index is 0.250. The van der Waals surface area contributed by atoms with Crippen molar-refractivity contribution in [3.8, 4) is 0 Å². The predicted molar refractivity (Wildman–Crippen MR) is 43.9 cm³/mol. The van der Waals surface area contributed by atoms with Crippen molar-refractivity contribution >= 4 is 11.8 Å². The highest BCUT2D eigenvalue weighted by Gasteiger charge is 1.95. The van der Waals surface area contributed by atoms with E-state index in [0.29, 0.717) is 0 Å². The average molecular weight is 148 g/mol. The first-order chi connectivity index (χ1) is 4.41. The standard InChI is InChI=1S/C5H10S.C2H6O/c1-2-4-6-5-3-1;1-2-3/h1-5H2;3H,2H2,1H3. The molecule has 2 heteroatoms. The summed E-state index contributed by atoms with van der Waals surface area (Å²) in [5.74, 6) is 2.83. The van der Waals surface area contributed by atoms with Gasteiger partial charge < -0.3 is 5.11 Å². The Balaban J connectivity index is 0.000000187. The predicted octanol–water partition coefficient (Wildman–Crippen LogP) is 1.90. The molecule has 1 rings (SSSR count). The van der Waals surface area contributed by atoms with Gasteiger partial charge in [0.25, 0.3) is 0 Å². The Labute approximate surface area is 61.8 Å². The Hall–Kier alpha value is 0.310. The van der Waals surface area contributed by atoms with Crippen LogP contribution in [-0.4, -0.2) is 23.2 Å². The Morgan fingerprint density at radius 1 is 1.22 bits per heavy atom. The quantitative estimate of drug-likeness (QED) is 0.566. The first kappa shape index (κ1) is 9.31. The number of aliphatic hydroxyl groups excluding tert-OH is 1. The van der Waals surface area contributed by atoms with Crippen molar-refractivity contribution < 1.29 is 5.11 Å². The van der Waals surface area contributed by atoms with Crippen molar-refractivity contribution in [2.24, 2.45) is 0 Å². The molecule has 0 aromatic heterocycles. The maximum atomic E-state index is 7.57. The van der Waals surface area contributed by atoms with Crippen LogP contribution in [0.2, 0.25) is 0 Å². The van der Waals surface area contributed by atoms with E-state index in [2.05, 4.69) is 11.8 Å². The van der Waals surface area contributed by atoms with E-state index in [1.54, 1.807) is 6.92 Å². The first-order valence-corrected chi connectivity index (χ1v) is 4.76. The highest BCUT2D eigenvalue weighted by molar-refractivity contribution is 7.99. The maximum absolute atomic E-state index is 7.57. The molecule has 0 amide bonds. The Morgan fingerprint density at radius 2 is 1.67 bits per heavy atom. The highest BCUT2D eigenvalue weighted by atomic mass is 32.2. The minimum absolute atomic E-state index is 0.250. The zero-order valence-electron chi connectivity index (χ0n) is 6.10. The molecule has 1 N–H and O–H groups in total. The van der Waals surface area contributed by atoms with Crippen LogP contribution in [0, 0.1) is 0 Å². The molecule has 9 heavy (non-hydrogen) atoms. The van der Waals surface area contributed by atoms with E-state index in [0.717, 1.165) is 0 Å². The highest BCUT2D eigenvalue weighted by Crippen LogP contribution is 2.14. The van der Waals surface area contributed by atoms with Crippen LogP contribution in [-0.2, 0) is 0 Å². The molecule has 0 saturated carbocycles. The second-order valence-electron chi connectivity index (χ2n) is 1.99. The molecule has 0 aromatic rings. The second-order valence-corrected chi connectivity index (χ2v) is 3.21. The third-order valence-corrected chi connectivity index (χ3v) is 2.23. The van der Waals surface area contributed by atoms with E-state index in [4.69, 9.17) is 5.11 Å². The monoisotopic (exact) mass is 148 g/mol. The summed E-state index contributed by atoms with van der Waals surface area (Å²) in [4.78, 5) is 0. The lowest BCUT2D eigenvalue weighted by Gasteiger charge is -2.05. The third kappa shape index (κ3) is 8.31. The summed E-state index contributed by atoms with van der Waals surface area (Å²) in [6, 6.07) is 0. The maximum Gasteiger partial charge on any atom is 0.0402 e. The van der Waals surface area contributed by atoms with Gasteiger partial charge in [0.2, 0.25) is 0 Å². The minimum Gasteiger partial charge on any atom is -0.397 e. The SMILES string of the molecule is C1CCSCC1.CCO. The molecule has 0 atom stereocenters. The first-order valence-electron chi connectivity index (χ1n) is 3.60. The second kappa shape index (κ2) is 8.31. The van der Waals surface area contributed by atoms with Crippen molar-refractivity contribution in [2.75, 3.05) is 18.1 Å². The molecule has 0 radical (unpaired) electrons. The number of aliphatic hydroxyl groups is 1. The van der Waals surface area contributed by atoms with Gasteiger partial charge in [0.05, 0.1) is 0 Å². The van der Waals surface area contributed by atoms with Gasteiger partial charge in [-0.25, -0.2) is 0 Å². The van der Waals surface area contributed by atoms with E-state index in [9.17, 15) is 0 Å². The van der Waals surface area contributed by atoms with Crippen LogP contribution in [0.4, 0.5) is 0 Å². The van der Waals surface area contributed by atoms with Gasteiger partial charge in [-0.1, -0.05) is 6.42 Å². The largest absolute Gasteiger partial charge is 0.397 e. The van der Waals surface area contributed by atoms with E-state index in [-0.39, 0.29) is 6.61 Å². The molecule has 1 fully saturated rings. The molecule has 0 unspecified atom stereocenters. The normalized spacial score (nSPS) is 18.0. The van der Waals surface area contributed by atoms with Gasteiger partial charge in [-0.05, 0) is 31.3 Å². The van der Waals surface area contributed by atoms with Crippen molar-refractivity contribution in [3.05, 3.63) is 0 Å². The fourth-order valence-corrected chi connectivity index (χ4v) is 1.71. The fourth-order valence-electron chi connectivity index (χ4n) is 0.687. The summed E-state index contributed by atoms with van der Waals surface area (Å²) in [6.45, 7) is 1.93. The number of rotatable bonds is 0. The van der Waals surface area contributed by atoms with Gasteiger partial charge in [-0.15, -0.1) is 0 Å². The Kier molecular flexibility index (Phi) is 8.60. The summed E-state index contributed by atoms with van der Waals surface area (Å²) >= 11 is 2.09.